The number of nitrogens with one attached hydrogen (secondary N) is 1. The van der Waals surface area contributed by atoms with Crippen molar-refractivity contribution in [3.8, 4) is 0 Å². The van der Waals surface area contributed by atoms with Crippen molar-refractivity contribution in [2.24, 2.45) is 0 Å². The van der Waals surface area contributed by atoms with Crippen LogP contribution in [0.4, 0.5) is 11.4 Å². The van der Waals surface area contributed by atoms with Crippen molar-refractivity contribution in [2.75, 3.05) is 23.3 Å². The molecule has 0 unspecified atom stereocenters. The van der Waals surface area contributed by atoms with Gasteiger partial charge in [0.2, 0.25) is 0 Å². The van der Waals surface area contributed by atoms with Crippen molar-refractivity contribution in [1.29, 1.82) is 0 Å². The van der Waals surface area contributed by atoms with Crippen LogP contribution in [0.15, 0.2) is 48.5 Å². The van der Waals surface area contributed by atoms with Gasteiger partial charge in [0.25, 0.3) is 0 Å². The minimum absolute atomic E-state index is 0.793. The highest BCUT2D eigenvalue weighted by atomic mass is 35.5. The van der Waals surface area contributed by atoms with Gasteiger partial charge in [0.05, 0.1) is 11.4 Å². The fraction of sp³-hybridized carbons (Fsp3) is 0.250. The van der Waals surface area contributed by atoms with Crippen molar-refractivity contribution in [2.45, 2.75) is 13.0 Å². The highest BCUT2D eigenvalue weighted by Gasteiger charge is 2.14. The summed E-state index contributed by atoms with van der Waals surface area (Å²) in [6.07, 6.45) is 1.16. The average Bonchev–Trinajstić information content (AvgIpc) is 2.64. The van der Waals surface area contributed by atoms with Crippen LogP contribution in [0.25, 0.3) is 0 Å². The summed E-state index contributed by atoms with van der Waals surface area (Å²) in [5, 5.41) is 4.28. The van der Waals surface area contributed by atoms with Gasteiger partial charge in [-0.3, -0.25) is 0 Å². The Labute approximate surface area is 119 Å². The molecule has 3 heteroatoms. The normalized spacial score (nSPS) is 14.5. The van der Waals surface area contributed by atoms with Gasteiger partial charge in [0, 0.05) is 24.7 Å². The monoisotopic (exact) mass is 272 g/mol. The molecule has 1 heterocycles. The van der Waals surface area contributed by atoms with Crippen molar-refractivity contribution >= 4 is 23.0 Å². The predicted molar refractivity (Wildman–Crippen MR) is 82.1 cm³/mol. The summed E-state index contributed by atoms with van der Waals surface area (Å²) in [5.74, 6) is 0. The second kappa shape index (κ2) is 5.54. The lowest BCUT2D eigenvalue weighted by molar-refractivity contribution is 0.764. The Morgan fingerprint density at radius 3 is 2.68 bits per heavy atom. The molecule has 2 aromatic carbocycles. The number of nitrogens with zero attached hydrogens (tertiary/aromatic N) is 1. The van der Waals surface area contributed by atoms with Crippen molar-refractivity contribution in [1.82, 2.24) is 0 Å². The molecule has 0 aliphatic carbocycles. The van der Waals surface area contributed by atoms with Crippen LogP contribution in [0.1, 0.15) is 12.0 Å². The summed E-state index contributed by atoms with van der Waals surface area (Å²) in [7, 11) is 0. The van der Waals surface area contributed by atoms with Crippen molar-refractivity contribution < 1.29 is 0 Å². The molecule has 19 heavy (non-hydrogen) atoms. The molecule has 0 aromatic heterocycles. The smallest absolute Gasteiger partial charge is 0.0605 e. The van der Waals surface area contributed by atoms with Crippen LogP contribution in [0.5, 0.6) is 0 Å². The maximum absolute atomic E-state index is 5.94. The Bertz CT molecular complexity index is 551. The first-order valence-corrected chi connectivity index (χ1v) is 7.03. The van der Waals surface area contributed by atoms with Crippen LogP contribution in [0.3, 0.4) is 0 Å². The third-order valence-corrected chi connectivity index (χ3v) is 3.70. The fourth-order valence-electron chi connectivity index (χ4n) is 2.49. The molecule has 1 N–H and O–H groups in total. The van der Waals surface area contributed by atoms with E-state index in [0.717, 1.165) is 31.1 Å². The van der Waals surface area contributed by atoms with Gasteiger partial charge in [0.1, 0.15) is 0 Å². The molecule has 1 aliphatic heterocycles. The topological polar surface area (TPSA) is 15.3 Å². The molecular formula is C16H17ClN2. The van der Waals surface area contributed by atoms with E-state index in [9.17, 15) is 0 Å². The SMILES string of the molecule is Clc1ccc(CN2CCCNc3ccccc32)cc1. The fourth-order valence-corrected chi connectivity index (χ4v) is 2.61. The molecular weight excluding hydrogens is 256 g/mol. The Morgan fingerprint density at radius 2 is 1.84 bits per heavy atom. The molecule has 1 aliphatic rings. The first-order chi connectivity index (χ1) is 9.33. The van der Waals surface area contributed by atoms with Gasteiger partial charge in [-0.25, -0.2) is 0 Å². The van der Waals surface area contributed by atoms with Gasteiger partial charge in [-0.2, -0.15) is 0 Å². The Balaban J connectivity index is 1.86. The van der Waals surface area contributed by atoms with Gasteiger partial charge < -0.3 is 10.2 Å². The third kappa shape index (κ3) is 2.85. The summed E-state index contributed by atoms with van der Waals surface area (Å²) < 4.78 is 0. The molecule has 98 valence electrons. The van der Waals surface area contributed by atoms with E-state index in [1.54, 1.807) is 0 Å². The molecule has 3 rings (SSSR count). The van der Waals surface area contributed by atoms with E-state index in [-0.39, 0.29) is 0 Å². The maximum atomic E-state index is 5.94. The molecule has 0 amide bonds. The maximum Gasteiger partial charge on any atom is 0.0605 e. The van der Waals surface area contributed by atoms with E-state index < -0.39 is 0 Å². The van der Waals surface area contributed by atoms with Gasteiger partial charge in [-0.15, -0.1) is 0 Å². The minimum Gasteiger partial charge on any atom is -0.383 e. The van der Waals surface area contributed by atoms with Crippen LogP contribution in [0.2, 0.25) is 5.02 Å². The van der Waals surface area contributed by atoms with Crippen molar-refractivity contribution in [3.63, 3.8) is 0 Å². The zero-order valence-electron chi connectivity index (χ0n) is 10.8. The Hall–Kier alpha value is -1.67. The number of fused-ring (bicyclic) bond motifs is 1. The van der Waals surface area contributed by atoms with Crippen LogP contribution in [-0.2, 0) is 6.54 Å². The third-order valence-electron chi connectivity index (χ3n) is 3.45. The van der Waals surface area contributed by atoms with E-state index in [1.807, 2.05) is 12.1 Å². The molecule has 0 saturated heterocycles. The lowest BCUT2D eigenvalue weighted by atomic mass is 10.2. The lowest BCUT2D eigenvalue weighted by Gasteiger charge is -2.24. The number of benzene rings is 2. The highest BCUT2D eigenvalue weighted by molar-refractivity contribution is 6.30. The molecule has 0 bridgehead atoms. The minimum atomic E-state index is 0.793. The summed E-state index contributed by atoms with van der Waals surface area (Å²) in [6, 6.07) is 16.6. The second-order valence-electron chi connectivity index (χ2n) is 4.85. The van der Waals surface area contributed by atoms with Gasteiger partial charge in [-0.1, -0.05) is 35.9 Å². The molecule has 2 aromatic rings. The van der Waals surface area contributed by atoms with Gasteiger partial charge in [-0.05, 0) is 36.2 Å². The van der Waals surface area contributed by atoms with Crippen molar-refractivity contribution in [3.05, 3.63) is 59.1 Å². The summed E-state index contributed by atoms with van der Waals surface area (Å²) in [6.45, 7) is 3.04. The Kier molecular flexibility index (Phi) is 3.60. The average molecular weight is 273 g/mol. The van der Waals surface area contributed by atoms with Crippen LogP contribution in [0, 0.1) is 0 Å². The van der Waals surface area contributed by atoms with Gasteiger partial charge in [0.15, 0.2) is 0 Å². The van der Waals surface area contributed by atoms with Crippen LogP contribution < -0.4 is 10.2 Å². The number of halogens is 1. The standard InChI is InChI=1S/C16H17ClN2/c17-14-8-6-13(7-9-14)12-19-11-3-10-18-15-4-1-2-5-16(15)19/h1-2,4-9,18H,3,10-12H2. The summed E-state index contributed by atoms with van der Waals surface area (Å²) in [4.78, 5) is 2.43. The quantitative estimate of drug-likeness (QED) is 0.883. The first kappa shape index (κ1) is 12.4. The number of hydrogen-bond donors (Lipinski definition) is 1. The Morgan fingerprint density at radius 1 is 1.05 bits per heavy atom. The zero-order chi connectivity index (χ0) is 13.1. The first-order valence-electron chi connectivity index (χ1n) is 6.65. The molecule has 0 spiro atoms. The summed E-state index contributed by atoms with van der Waals surface area (Å²) >= 11 is 5.94. The van der Waals surface area contributed by atoms with E-state index in [0.29, 0.717) is 0 Å². The molecule has 0 saturated carbocycles. The molecule has 2 nitrogen and oxygen atoms in total. The van der Waals surface area contributed by atoms with E-state index >= 15 is 0 Å². The largest absolute Gasteiger partial charge is 0.383 e. The number of anilines is 2. The van der Waals surface area contributed by atoms with E-state index in [4.69, 9.17) is 11.6 Å². The van der Waals surface area contributed by atoms with Gasteiger partial charge >= 0.3 is 0 Å². The number of rotatable bonds is 2. The van der Waals surface area contributed by atoms with E-state index in [1.165, 1.54) is 16.9 Å². The zero-order valence-corrected chi connectivity index (χ0v) is 11.5. The molecule has 0 atom stereocenters. The second-order valence-corrected chi connectivity index (χ2v) is 5.28. The number of para-hydroxylation sites is 2. The summed E-state index contributed by atoms with van der Waals surface area (Å²) in [5.41, 5.74) is 3.81. The lowest BCUT2D eigenvalue weighted by Crippen LogP contribution is -2.23. The van der Waals surface area contributed by atoms with Crippen LogP contribution in [-0.4, -0.2) is 13.1 Å². The van der Waals surface area contributed by atoms with Crippen LogP contribution >= 0.6 is 11.6 Å². The predicted octanol–water partition coefficient (Wildman–Crippen LogP) is 4.16. The molecule has 0 radical (unpaired) electrons. The number of hydrogen-bond acceptors (Lipinski definition) is 2. The molecule has 0 fully saturated rings. The highest BCUT2D eigenvalue weighted by Crippen LogP contribution is 2.29. The van der Waals surface area contributed by atoms with E-state index in [2.05, 4.69) is 46.6 Å².